The molecule has 0 spiro atoms. The number of hydrogen-bond donors (Lipinski definition) is 1. The lowest BCUT2D eigenvalue weighted by Gasteiger charge is -2.14. The molecule has 4 rings (SSSR count). The van der Waals surface area contributed by atoms with E-state index >= 15 is 0 Å². The van der Waals surface area contributed by atoms with Crippen molar-refractivity contribution in [1.82, 2.24) is 19.9 Å². The Bertz CT molecular complexity index is 1180. The molecular weight excluding hydrogens is 360 g/mol. The molecule has 5 nitrogen and oxygen atoms in total. The van der Waals surface area contributed by atoms with Crippen molar-refractivity contribution in [3.8, 4) is 11.1 Å². The van der Waals surface area contributed by atoms with Gasteiger partial charge in [0.2, 0.25) is 0 Å². The largest absolute Gasteiger partial charge is 0.346 e. The number of rotatable bonds is 4. The zero-order valence-electron chi connectivity index (χ0n) is 14.7. The summed E-state index contributed by atoms with van der Waals surface area (Å²) in [6.07, 6.45) is 6.87. The Kier molecular flexibility index (Phi) is 4.38. The average molecular weight is 377 g/mol. The van der Waals surface area contributed by atoms with Gasteiger partial charge in [-0.3, -0.25) is 9.78 Å². The Morgan fingerprint density at radius 3 is 2.93 bits per heavy atom. The summed E-state index contributed by atoms with van der Waals surface area (Å²) in [6.45, 7) is 4.15. The average Bonchev–Trinajstić information content (AvgIpc) is 3.11. The monoisotopic (exact) mass is 376 g/mol. The van der Waals surface area contributed by atoms with Gasteiger partial charge in [-0.05, 0) is 29.8 Å². The molecule has 27 heavy (non-hydrogen) atoms. The van der Waals surface area contributed by atoms with Gasteiger partial charge < -0.3 is 9.88 Å². The molecule has 0 atom stereocenters. The molecule has 0 saturated heterocycles. The van der Waals surface area contributed by atoms with Gasteiger partial charge in [0.25, 0.3) is 5.91 Å². The maximum Gasteiger partial charge on any atom is 0.255 e. The van der Waals surface area contributed by atoms with Crippen LogP contribution in [0.2, 0.25) is 5.02 Å². The van der Waals surface area contributed by atoms with Crippen molar-refractivity contribution in [3.63, 3.8) is 0 Å². The van der Waals surface area contributed by atoms with Gasteiger partial charge in [-0.1, -0.05) is 23.7 Å². The summed E-state index contributed by atoms with van der Waals surface area (Å²) >= 11 is 6.32. The molecule has 6 heteroatoms. The van der Waals surface area contributed by atoms with Gasteiger partial charge in [-0.2, -0.15) is 0 Å². The molecule has 3 aromatic heterocycles. The SMILES string of the molecule is C=CCN(C)C(=O)c1cnc2[nH]cc(-c3ccc4nccc(Cl)c4c3)c2c1. The van der Waals surface area contributed by atoms with Gasteiger partial charge >= 0.3 is 0 Å². The maximum absolute atomic E-state index is 12.6. The van der Waals surface area contributed by atoms with Crippen LogP contribution in [0.15, 0.2) is 61.6 Å². The van der Waals surface area contributed by atoms with Gasteiger partial charge in [0, 0.05) is 48.5 Å². The van der Waals surface area contributed by atoms with E-state index in [1.807, 2.05) is 30.5 Å². The quantitative estimate of drug-likeness (QED) is 0.525. The molecule has 0 aliphatic rings. The zero-order valence-corrected chi connectivity index (χ0v) is 15.5. The minimum atomic E-state index is -0.0952. The highest BCUT2D eigenvalue weighted by Crippen LogP contribution is 2.32. The Balaban J connectivity index is 1.83. The van der Waals surface area contributed by atoms with Crippen molar-refractivity contribution >= 4 is 39.4 Å². The van der Waals surface area contributed by atoms with Gasteiger partial charge in [0.15, 0.2) is 0 Å². The third kappa shape index (κ3) is 3.06. The third-order valence-corrected chi connectivity index (χ3v) is 4.86. The number of carbonyl (C=O) groups excluding carboxylic acids is 1. The number of hydrogen-bond acceptors (Lipinski definition) is 3. The van der Waals surface area contributed by atoms with Crippen molar-refractivity contribution in [2.24, 2.45) is 0 Å². The first-order valence-electron chi connectivity index (χ1n) is 8.46. The molecule has 0 aliphatic carbocycles. The van der Waals surface area contributed by atoms with E-state index in [9.17, 15) is 4.79 Å². The standard InChI is InChI=1S/C21H17ClN4O/c1-3-8-26(2)21(27)14-10-15-17(12-25-20(15)24-11-14)13-4-5-19-16(9-13)18(22)6-7-23-19/h3-7,9-12H,1,8H2,2H3,(H,24,25). The van der Waals surface area contributed by atoms with Crippen molar-refractivity contribution in [3.05, 3.63) is 72.2 Å². The number of aromatic nitrogens is 3. The number of nitrogens with one attached hydrogen (secondary N) is 1. The Labute approximate surface area is 161 Å². The molecule has 4 aromatic rings. The lowest BCUT2D eigenvalue weighted by molar-refractivity contribution is 0.0810. The van der Waals surface area contributed by atoms with Crippen LogP contribution in [-0.4, -0.2) is 39.4 Å². The number of H-pyrrole nitrogens is 1. The summed E-state index contributed by atoms with van der Waals surface area (Å²) in [4.78, 5) is 26.1. The van der Waals surface area contributed by atoms with Crippen LogP contribution in [0.1, 0.15) is 10.4 Å². The maximum atomic E-state index is 12.6. The summed E-state index contributed by atoms with van der Waals surface area (Å²) in [7, 11) is 1.74. The first-order valence-corrected chi connectivity index (χ1v) is 8.84. The Morgan fingerprint density at radius 2 is 2.11 bits per heavy atom. The number of halogens is 1. The van der Waals surface area contributed by atoms with E-state index in [0.717, 1.165) is 33.1 Å². The number of pyridine rings is 2. The van der Waals surface area contributed by atoms with Crippen LogP contribution in [0.5, 0.6) is 0 Å². The van der Waals surface area contributed by atoms with E-state index in [0.29, 0.717) is 17.1 Å². The highest BCUT2D eigenvalue weighted by Gasteiger charge is 2.15. The lowest BCUT2D eigenvalue weighted by Crippen LogP contribution is -2.26. The predicted molar refractivity (Wildman–Crippen MR) is 109 cm³/mol. The smallest absolute Gasteiger partial charge is 0.255 e. The van der Waals surface area contributed by atoms with E-state index in [-0.39, 0.29) is 5.91 Å². The molecule has 3 heterocycles. The highest BCUT2D eigenvalue weighted by molar-refractivity contribution is 6.35. The molecule has 1 N–H and O–H groups in total. The van der Waals surface area contributed by atoms with Crippen LogP contribution in [0, 0.1) is 0 Å². The van der Waals surface area contributed by atoms with E-state index in [1.165, 1.54) is 0 Å². The number of amides is 1. The van der Waals surface area contributed by atoms with E-state index in [4.69, 9.17) is 11.6 Å². The number of fused-ring (bicyclic) bond motifs is 2. The van der Waals surface area contributed by atoms with Crippen molar-refractivity contribution < 1.29 is 4.79 Å². The van der Waals surface area contributed by atoms with Gasteiger partial charge in [0.1, 0.15) is 5.65 Å². The number of aromatic amines is 1. The molecule has 0 bridgehead atoms. The van der Waals surface area contributed by atoms with Crippen molar-refractivity contribution in [1.29, 1.82) is 0 Å². The van der Waals surface area contributed by atoms with E-state index < -0.39 is 0 Å². The molecule has 0 aliphatic heterocycles. The topological polar surface area (TPSA) is 61.9 Å². The second-order valence-corrected chi connectivity index (χ2v) is 6.73. The summed E-state index contributed by atoms with van der Waals surface area (Å²) in [6, 6.07) is 9.58. The van der Waals surface area contributed by atoms with Crippen LogP contribution in [0.25, 0.3) is 33.1 Å². The van der Waals surface area contributed by atoms with Gasteiger partial charge in [-0.25, -0.2) is 4.98 Å². The zero-order chi connectivity index (χ0) is 19.0. The molecule has 0 saturated carbocycles. The summed E-state index contributed by atoms with van der Waals surface area (Å²) in [5.74, 6) is -0.0952. The molecule has 134 valence electrons. The fraction of sp³-hybridized carbons (Fsp3) is 0.0952. The number of nitrogens with zero attached hydrogens (tertiary/aromatic N) is 3. The molecule has 1 amide bonds. The van der Waals surface area contributed by atoms with Crippen LogP contribution in [-0.2, 0) is 0 Å². The van der Waals surface area contributed by atoms with Crippen molar-refractivity contribution in [2.45, 2.75) is 0 Å². The van der Waals surface area contributed by atoms with Crippen LogP contribution < -0.4 is 0 Å². The third-order valence-electron chi connectivity index (χ3n) is 4.53. The number of carbonyl (C=O) groups is 1. The van der Waals surface area contributed by atoms with E-state index in [1.54, 1.807) is 36.5 Å². The number of benzene rings is 1. The van der Waals surface area contributed by atoms with E-state index in [2.05, 4.69) is 21.5 Å². The molecule has 0 unspecified atom stereocenters. The second-order valence-electron chi connectivity index (χ2n) is 6.32. The second kappa shape index (κ2) is 6.85. The molecule has 0 fully saturated rings. The predicted octanol–water partition coefficient (Wildman–Crippen LogP) is 4.69. The summed E-state index contributed by atoms with van der Waals surface area (Å²) in [5, 5.41) is 2.42. The van der Waals surface area contributed by atoms with Crippen LogP contribution in [0.4, 0.5) is 0 Å². The molecule has 1 aromatic carbocycles. The fourth-order valence-electron chi connectivity index (χ4n) is 3.14. The van der Waals surface area contributed by atoms with Gasteiger partial charge in [-0.15, -0.1) is 6.58 Å². The summed E-state index contributed by atoms with van der Waals surface area (Å²) in [5.41, 5.74) is 4.04. The first-order chi connectivity index (χ1) is 13.1. The van der Waals surface area contributed by atoms with Gasteiger partial charge in [0.05, 0.1) is 16.1 Å². The minimum absolute atomic E-state index is 0.0952. The van der Waals surface area contributed by atoms with Crippen LogP contribution in [0.3, 0.4) is 0 Å². The number of likely N-dealkylation sites (N-methyl/N-ethyl adjacent to an activating group) is 1. The molecule has 0 radical (unpaired) electrons. The van der Waals surface area contributed by atoms with Crippen LogP contribution >= 0.6 is 11.6 Å². The van der Waals surface area contributed by atoms with Crippen molar-refractivity contribution in [2.75, 3.05) is 13.6 Å². The Hall–Kier alpha value is -3.18. The normalized spacial score (nSPS) is 11.0. The summed E-state index contributed by atoms with van der Waals surface area (Å²) < 4.78 is 0. The highest BCUT2D eigenvalue weighted by atomic mass is 35.5. The first kappa shape index (κ1) is 17.2. The Morgan fingerprint density at radius 1 is 1.26 bits per heavy atom. The lowest BCUT2D eigenvalue weighted by atomic mass is 10.0. The minimum Gasteiger partial charge on any atom is -0.346 e. The fourth-order valence-corrected chi connectivity index (χ4v) is 3.34. The molecular formula is C21H17ClN4O.